The number of halogens is 2. The average Bonchev–Trinajstić information content (AvgIpc) is 2.67. The summed E-state index contributed by atoms with van der Waals surface area (Å²) in [4.78, 5) is 17.2. The Balaban J connectivity index is 1.59. The van der Waals surface area contributed by atoms with Gasteiger partial charge in [0, 0.05) is 41.9 Å². The molecular formula is C20H23Cl2N3O2. The highest BCUT2D eigenvalue weighted by molar-refractivity contribution is 6.31. The lowest BCUT2D eigenvalue weighted by molar-refractivity contribution is -0.120. The van der Waals surface area contributed by atoms with Crippen LogP contribution in [0.15, 0.2) is 42.5 Å². The minimum Gasteiger partial charge on any atom is -0.495 e. The second kappa shape index (κ2) is 8.83. The number of ether oxygens (including phenoxy) is 1. The summed E-state index contributed by atoms with van der Waals surface area (Å²) in [5.74, 6) is 0.512. The van der Waals surface area contributed by atoms with E-state index in [4.69, 9.17) is 27.9 Å². The van der Waals surface area contributed by atoms with Gasteiger partial charge in [-0.25, -0.2) is 0 Å². The molecule has 27 heavy (non-hydrogen) atoms. The zero-order valence-electron chi connectivity index (χ0n) is 15.4. The largest absolute Gasteiger partial charge is 0.495 e. The van der Waals surface area contributed by atoms with Gasteiger partial charge in [-0.3, -0.25) is 9.69 Å². The molecule has 0 bridgehead atoms. The van der Waals surface area contributed by atoms with Gasteiger partial charge in [0.05, 0.1) is 18.8 Å². The van der Waals surface area contributed by atoms with Crippen LogP contribution in [0.2, 0.25) is 10.0 Å². The lowest BCUT2D eigenvalue weighted by atomic mass is 10.2. The van der Waals surface area contributed by atoms with Gasteiger partial charge in [0.1, 0.15) is 5.75 Å². The van der Waals surface area contributed by atoms with E-state index in [-0.39, 0.29) is 11.9 Å². The maximum atomic E-state index is 12.7. The van der Waals surface area contributed by atoms with Gasteiger partial charge in [-0.15, -0.1) is 0 Å². The van der Waals surface area contributed by atoms with Gasteiger partial charge in [0.25, 0.3) is 0 Å². The molecule has 1 aliphatic heterocycles. The van der Waals surface area contributed by atoms with Gasteiger partial charge >= 0.3 is 0 Å². The van der Waals surface area contributed by atoms with E-state index in [0.29, 0.717) is 16.5 Å². The summed E-state index contributed by atoms with van der Waals surface area (Å²) < 4.78 is 5.29. The van der Waals surface area contributed by atoms with Crippen LogP contribution in [0.1, 0.15) is 6.92 Å². The van der Waals surface area contributed by atoms with Crippen molar-refractivity contribution in [2.75, 3.05) is 43.5 Å². The van der Waals surface area contributed by atoms with E-state index in [0.717, 1.165) is 36.9 Å². The van der Waals surface area contributed by atoms with Crippen molar-refractivity contribution in [1.82, 2.24) is 4.90 Å². The van der Waals surface area contributed by atoms with Crippen molar-refractivity contribution in [2.24, 2.45) is 0 Å². The molecule has 2 aromatic carbocycles. The number of amides is 1. The van der Waals surface area contributed by atoms with Crippen LogP contribution in [-0.4, -0.2) is 50.1 Å². The molecule has 144 valence electrons. The molecule has 0 aliphatic carbocycles. The normalized spacial score (nSPS) is 16.1. The fourth-order valence-electron chi connectivity index (χ4n) is 3.22. The quantitative estimate of drug-likeness (QED) is 0.808. The minimum atomic E-state index is -0.254. The van der Waals surface area contributed by atoms with E-state index in [9.17, 15) is 4.79 Å². The standard InChI is InChI=1S/C20H23Cl2N3O2/c1-14(20(26)23-18-13-16(22)6-7-19(18)27-2)24-8-10-25(11-9-24)17-5-3-4-15(21)12-17/h3-7,12-14H,8-11H2,1-2H3,(H,23,26)/t14-/m1/s1. The first-order valence-electron chi connectivity index (χ1n) is 8.87. The lowest BCUT2D eigenvalue weighted by Gasteiger charge is -2.38. The van der Waals surface area contributed by atoms with Gasteiger partial charge in [0.15, 0.2) is 0 Å². The van der Waals surface area contributed by atoms with Crippen LogP contribution in [0.25, 0.3) is 0 Å². The molecule has 0 spiro atoms. The number of hydrogen-bond acceptors (Lipinski definition) is 4. The van der Waals surface area contributed by atoms with E-state index in [1.165, 1.54) is 0 Å². The third kappa shape index (κ3) is 4.86. The molecule has 1 fully saturated rings. The summed E-state index contributed by atoms with van der Waals surface area (Å²) in [6.45, 7) is 5.21. The van der Waals surface area contributed by atoms with Gasteiger partial charge in [-0.05, 0) is 43.3 Å². The summed E-state index contributed by atoms with van der Waals surface area (Å²) in [7, 11) is 1.57. The Labute approximate surface area is 169 Å². The number of benzene rings is 2. The van der Waals surface area contributed by atoms with Gasteiger partial charge in [-0.2, -0.15) is 0 Å². The summed E-state index contributed by atoms with van der Waals surface area (Å²) in [5, 5.41) is 4.21. The second-order valence-electron chi connectivity index (χ2n) is 6.51. The predicted molar refractivity (Wildman–Crippen MR) is 111 cm³/mol. The Bertz CT molecular complexity index is 808. The van der Waals surface area contributed by atoms with E-state index < -0.39 is 0 Å². The van der Waals surface area contributed by atoms with E-state index in [2.05, 4.69) is 21.2 Å². The maximum Gasteiger partial charge on any atom is 0.241 e. The van der Waals surface area contributed by atoms with E-state index in [1.54, 1.807) is 25.3 Å². The van der Waals surface area contributed by atoms with Crippen LogP contribution >= 0.6 is 23.2 Å². The molecule has 7 heteroatoms. The first-order chi connectivity index (χ1) is 13.0. The van der Waals surface area contributed by atoms with Crippen molar-refractivity contribution in [2.45, 2.75) is 13.0 Å². The Morgan fingerprint density at radius 3 is 2.44 bits per heavy atom. The molecule has 1 N–H and O–H groups in total. The van der Waals surface area contributed by atoms with Crippen LogP contribution in [0, 0.1) is 0 Å². The number of nitrogens with zero attached hydrogens (tertiary/aromatic N) is 2. The fraction of sp³-hybridized carbons (Fsp3) is 0.350. The average molecular weight is 408 g/mol. The highest BCUT2D eigenvalue weighted by Crippen LogP contribution is 2.28. The zero-order valence-corrected chi connectivity index (χ0v) is 16.9. The van der Waals surface area contributed by atoms with Crippen molar-refractivity contribution >= 4 is 40.5 Å². The van der Waals surface area contributed by atoms with Gasteiger partial charge < -0.3 is 15.0 Å². The molecule has 5 nitrogen and oxygen atoms in total. The summed E-state index contributed by atoms with van der Waals surface area (Å²) in [6, 6.07) is 12.8. The number of methoxy groups -OCH3 is 1. The third-order valence-electron chi connectivity index (χ3n) is 4.83. The van der Waals surface area contributed by atoms with Crippen molar-refractivity contribution < 1.29 is 9.53 Å². The van der Waals surface area contributed by atoms with Crippen LogP contribution < -0.4 is 15.0 Å². The third-order valence-corrected chi connectivity index (χ3v) is 5.30. The van der Waals surface area contributed by atoms with E-state index >= 15 is 0 Å². The monoisotopic (exact) mass is 407 g/mol. The van der Waals surface area contributed by atoms with Crippen molar-refractivity contribution in [3.8, 4) is 5.75 Å². The molecule has 1 heterocycles. The molecule has 0 saturated carbocycles. The lowest BCUT2D eigenvalue weighted by Crippen LogP contribution is -2.52. The predicted octanol–water partition coefficient (Wildman–Crippen LogP) is 4.15. The number of piperazine rings is 1. The zero-order chi connectivity index (χ0) is 19.4. The van der Waals surface area contributed by atoms with Crippen LogP contribution in [0.5, 0.6) is 5.75 Å². The van der Waals surface area contributed by atoms with Crippen molar-refractivity contribution in [3.63, 3.8) is 0 Å². The molecule has 1 atom stereocenters. The molecule has 1 saturated heterocycles. The number of rotatable bonds is 5. The first kappa shape index (κ1) is 19.8. The van der Waals surface area contributed by atoms with Crippen LogP contribution in [-0.2, 0) is 4.79 Å². The summed E-state index contributed by atoms with van der Waals surface area (Å²) >= 11 is 12.1. The fourth-order valence-corrected chi connectivity index (χ4v) is 3.58. The first-order valence-corrected chi connectivity index (χ1v) is 9.62. The Morgan fingerprint density at radius 2 is 1.78 bits per heavy atom. The smallest absolute Gasteiger partial charge is 0.241 e. The Morgan fingerprint density at radius 1 is 1.07 bits per heavy atom. The number of hydrogen-bond donors (Lipinski definition) is 1. The number of carbonyl (C=O) groups is 1. The Hall–Kier alpha value is -1.95. The van der Waals surface area contributed by atoms with Gasteiger partial charge in [-0.1, -0.05) is 29.3 Å². The Kier molecular flexibility index (Phi) is 6.47. The molecule has 2 aromatic rings. The van der Waals surface area contributed by atoms with Crippen LogP contribution in [0.3, 0.4) is 0 Å². The molecule has 0 unspecified atom stereocenters. The minimum absolute atomic E-state index is 0.0771. The molecule has 0 aromatic heterocycles. The van der Waals surface area contributed by atoms with Crippen molar-refractivity contribution in [3.05, 3.63) is 52.5 Å². The SMILES string of the molecule is COc1ccc(Cl)cc1NC(=O)[C@@H](C)N1CCN(c2cccc(Cl)c2)CC1. The molecule has 1 amide bonds. The highest BCUT2D eigenvalue weighted by atomic mass is 35.5. The molecule has 0 radical (unpaired) electrons. The number of anilines is 2. The maximum absolute atomic E-state index is 12.7. The molecule has 1 aliphatic rings. The van der Waals surface area contributed by atoms with Crippen LogP contribution in [0.4, 0.5) is 11.4 Å². The number of carbonyl (C=O) groups excluding carboxylic acids is 1. The van der Waals surface area contributed by atoms with Crippen molar-refractivity contribution in [1.29, 1.82) is 0 Å². The molecular weight excluding hydrogens is 385 g/mol. The summed E-state index contributed by atoms with van der Waals surface area (Å²) in [5.41, 5.74) is 1.70. The second-order valence-corrected chi connectivity index (χ2v) is 7.39. The molecule has 3 rings (SSSR count). The van der Waals surface area contributed by atoms with Gasteiger partial charge in [0.2, 0.25) is 5.91 Å². The number of nitrogens with one attached hydrogen (secondary N) is 1. The van der Waals surface area contributed by atoms with E-state index in [1.807, 2.05) is 25.1 Å². The highest BCUT2D eigenvalue weighted by Gasteiger charge is 2.26. The topological polar surface area (TPSA) is 44.8 Å². The summed E-state index contributed by atoms with van der Waals surface area (Å²) in [6.07, 6.45) is 0.